The molecule has 0 atom stereocenters. The van der Waals surface area contributed by atoms with Crippen molar-refractivity contribution in [3.8, 4) is 5.75 Å². The van der Waals surface area contributed by atoms with Gasteiger partial charge in [0, 0.05) is 10.0 Å². The Kier molecular flexibility index (Phi) is 4.84. The van der Waals surface area contributed by atoms with Gasteiger partial charge in [-0.25, -0.2) is 0 Å². The second kappa shape index (κ2) is 6.42. The van der Waals surface area contributed by atoms with Gasteiger partial charge in [-0.2, -0.15) is 0 Å². The van der Waals surface area contributed by atoms with Crippen molar-refractivity contribution in [3.63, 3.8) is 0 Å². The summed E-state index contributed by atoms with van der Waals surface area (Å²) in [5.41, 5.74) is 3.67. The lowest BCUT2D eigenvalue weighted by Crippen LogP contribution is -2.00. The number of hydrogen-bond donors (Lipinski definition) is 0. The van der Waals surface area contributed by atoms with E-state index in [-0.39, 0.29) is 0 Å². The summed E-state index contributed by atoms with van der Waals surface area (Å²) in [6.07, 6.45) is 0.795. The summed E-state index contributed by atoms with van der Waals surface area (Å²) >= 11 is 9.62. The molecule has 2 aromatic rings. The topological polar surface area (TPSA) is 26.3 Å². The Morgan fingerprint density at radius 2 is 2.05 bits per heavy atom. The molecule has 0 saturated heterocycles. The second-order valence-corrected chi connectivity index (χ2v) is 5.83. The first-order valence-electron chi connectivity index (χ1n) is 6.15. The lowest BCUT2D eigenvalue weighted by atomic mass is 10.1. The van der Waals surface area contributed by atoms with Crippen LogP contribution in [0.2, 0.25) is 5.02 Å². The highest BCUT2D eigenvalue weighted by Gasteiger charge is 2.08. The van der Waals surface area contributed by atoms with Crippen molar-refractivity contribution in [2.75, 3.05) is 0 Å². The fourth-order valence-electron chi connectivity index (χ4n) is 1.87. The first-order valence-corrected chi connectivity index (χ1v) is 7.32. The summed E-state index contributed by atoms with van der Waals surface area (Å²) in [5.74, 6) is 0.592. The largest absolute Gasteiger partial charge is 0.487 e. The van der Waals surface area contributed by atoms with E-state index in [0.717, 1.165) is 27.4 Å². The van der Waals surface area contributed by atoms with Gasteiger partial charge >= 0.3 is 0 Å². The number of carbonyl (C=O) groups is 1. The number of halogens is 2. The van der Waals surface area contributed by atoms with Crippen LogP contribution in [0.1, 0.15) is 27.0 Å². The number of rotatable bonds is 4. The van der Waals surface area contributed by atoms with E-state index in [1.807, 2.05) is 32.0 Å². The fraction of sp³-hybridized carbons (Fsp3) is 0.188. The number of hydrogen-bond acceptors (Lipinski definition) is 2. The molecule has 0 aromatic heterocycles. The molecule has 4 heteroatoms. The van der Waals surface area contributed by atoms with Crippen LogP contribution in [0, 0.1) is 13.8 Å². The highest BCUT2D eigenvalue weighted by atomic mass is 79.9. The number of carbonyl (C=O) groups excluding carboxylic acids is 1. The Hall–Kier alpha value is -1.32. The van der Waals surface area contributed by atoms with Crippen LogP contribution in [0.25, 0.3) is 0 Å². The van der Waals surface area contributed by atoms with Crippen LogP contribution >= 0.6 is 27.5 Å². The minimum absolute atomic E-state index is 0.435. The van der Waals surface area contributed by atoms with E-state index in [0.29, 0.717) is 22.9 Å². The van der Waals surface area contributed by atoms with Gasteiger partial charge in [0.2, 0.25) is 0 Å². The molecule has 2 rings (SSSR count). The van der Waals surface area contributed by atoms with Crippen LogP contribution in [0.5, 0.6) is 5.75 Å². The van der Waals surface area contributed by atoms with Gasteiger partial charge in [-0.3, -0.25) is 4.79 Å². The normalized spacial score (nSPS) is 10.4. The van der Waals surface area contributed by atoms with Crippen LogP contribution in [-0.2, 0) is 6.61 Å². The summed E-state index contributed by atoms with van der Waals surface area (Å²) in [7, 11) is 0. The zero-order valence-electron chi connectivity index (χ0n) is 11.2. The predicted molar refractivity (Wildman–Crippen MR) is 84.8 cm³/mol. The third-order valence-corrected chi connectivity index (χ3v) is 4.37. The Morgan fingerprint density at radius 1 is 1.30 bits per heavy atom. The Labute approximate surface area is 131 Å². The van der Waals surface area contributed by atoms with E-state index in [4.69, 9.17) is 16.3 Å². The molecule has 0 aliphatic heterocycles. The van der Waals surface area contributed by atoms with Gasteiger partial charge in [-0.15, -0.1) is 0 Å². The summed E-state index contributed by atoms with van der Waals surface area (Å²) < 4.78 is 6.82. The SMILES string of the molecule is Cc1cc(OCc2cccc(Br)c2C)c(Cl)cc1C=O. The molecule has 0 aliphatic rings. The van der Waals surface area contributed by atoms with E-state index in [1.165, 1.54) is 0 Å². The Bertz CT molecular complexity index is 653. The first-order chi connectivity index (χ1) is 9.52. The molecule has 0 N–H and O–H groups in total. The maximum atomic E-state index is 10.8. The molecule has 0 fully saturated rings. The molecule has 0 aliphatic carbocycles. The van der Waals surface area contributed by atoms with Crippen molar-refractivity contribution in [1.29, 1.82) is 0 Å². The standard InChI is InChI=1S/C16H14BrClO2/c1-10-6-16(15(18)7-13(10)8-19)20-9-12-4-3-5-14(17)11(12)2/h3-8H,9H2,1-2H3. The van der Waals surface area contributed by atoms with Crippen LogP contribution < -0.4 is 4.74 Å². The van der Waals surface area contributed by atoms with Crippen LogP contribution in [0.15, 0.2) is 34.8 Å². The summed E-state index contributed by atoms with van der Waals surface area (Å²) in [5, 5.41) is 0.449. The predicted octanol–water partition coefficient (Wildman–Crippen LogP) is 5.11. The lowest BCUT2D eigenvalue weighted by molar-refractivity contribution is 0.112. The Morgan fingerprint density at radius 3 is 2.75 bits per heavy atom. The molecular formula is C16H14BrClO2. The van der Waals surface area contributed by atoms with E-state index in [2.05, 4.69) is 15.9 Å². The number of benzene rings is 2. The maximum absolute atomic E-state index is 10.8. The average molecular weight is 354 g/mol. The number of aryl methyl sites for hydroxylation is 1. The Balaban J connectivity index is 2.21. The van der Waals surface area contributed by atoms with E-state index < -0.39 is 0 Å². The molecule has 0 saturated carbocycles. The van der Waals surface area contributed by atoms with Gasteiger partial charge in [0.25, 0.3) is 0 Å². The second-order valence-electron chi connectivity index (χ2n) is 4.57. The minimum atomic E-state index is 0.435. The molecule has 0 heterocycles. The minimum Gasteiger partial charge on any atom is -0.487 e. The van der Waals surface area contributed by atoms with Gasteiger partial charge in [0.15, 0.2) is 0 Å². The fourth-order valence-corrected chi connectivity index (χ4v) is 2.51. The molecule has 0 amide bonds. The van der Waals surface area contributed by atoms with Crippen molar-refractivity contribution in [2.45, 2.75) is 20.5 Å². The molecule has 2 aromatic carbocycles. The van der Waals surface area contributed by atoms with Gasteiger partial charge in [0.1, 0.15) is 18.6 Å². The van der Waals surface area contributed by atoms with E-state index in [9.17, 15) is 4.79 Å². The molecule has 0 unspecified atom stereocenters. The van der Waals surface area contributed by atoms with E-state index >= 15 is 0 Å². The summed E-state index contributed by atoms with van der Waals surface area (Å²) in [6.45, 7) is 4.33. The smallest absolute Gasteiger partial charge is 0.150 e. The third-order valence-electron chi connectivity index (χ3n) is 3.21. The zero-order valence-corrected chi connectivity index (χ0v) is 13.6. The van der Waals surface area contributed by atoms with Crippen molar-refractivity contribution in [1.82, 2.24) is 0 Å². The monoisotopic (exact) mass is 352 g/mol. The third kappa shape index (κ3) is 3.22. The van der Waals surface area contributed by atoms with Crippen molar-refractivity contribution >= 4 is 33.8 Å². The lowest BCUT2D eigenvalue weighted by Gasteiger charge is -2.12. The highest BCUT2D eigenvalue weighted by Crippen LogP contribution is 2.29. The molecule has 20 heavy (non-hydrogen) atoms. The van der Waals surface area contributed by atoms with Gasteiger partial charge < -0.3 is 4.74 Å². The molecular weight excluding hydrogens is 340 g/mol. The number of aldehydes is 1. The van der Waals surface area contributed by atoms with Crippen LogP contribution in [0.3, 0.4) is 0 Å². The summed E-state index contributed by atoms with van der Waals surface area (Å²) in [4.78, 5) is 10.8. The number of ether oxygens (including phenoxy) is 1. The first kappa shape index (κ1) is 15.1. The highest BCUT2D eigenvalue weighted by molar-refractivity contribution is 9.10. The van der Waals surface area contributed by atoms with Crippen LogP contribution in [0.4, 0.5) is 0 Å². The molecule has 0 spiro atoms. The van der Waals surface area contributed by atoms with Crippen molar-refractivity contribution in [2.24, 2.45) is 0 Å². The molecule has 0 radical (unpaired) electrons. The van der Waals surface area contributed by atoms with Crippen LogP contribution in [-0.4, -0.2) is 6.29 Å². The zero-order chi connectivity index (χ0) is 14.7. The maximum Gasteiger partial charge on any atom is 0.150 e. The van der Waals surface area contributed by atoms with Gasteiger partial charge in [-0.05, 0) is 48.7 Å². The molecule has 2 nitrogen and oxygen atoms in total. The quantitative estimate of drug-likeness (QED) is 0.714. The van der Waals surface area contributed by atoms with Gasteiger partial charge in [0.05, 0.1) is 5.02 Å². The average Bonchev–Trinajstić information content (AvgIpc) is 2.43. The van der Waals surface area contributed by atoms with Crippen molar-refractivity contribution < 1.29 is 9.53 Å². The van der Waals surface area contributed by atoms with Gasteiger partial charge in [-0.1, -0.05) is 39.7 Å². The van der Waals surface area contributed by atoms with E-state index in [1.54, 1.807) is 12.1 Å². The molecule has 0 bridgehead atoms. The van der Waals surface area contributed by atoms with Crippen molar-refractivity contribution in [3.05, 3.63) is 62.1 Å². The molecule has 104 valence electrons. The summed E-state index contributed by atoms with van der Waals surface area (Å²) in [6, 6.07) is 9.40.